The van der Waals surface area contributed by atoms with Crippen LogP contribution in [0.15, 0.2) is 29.9 Å². The Morgan fingerprint density at radius 1 is 1.29 bits per heavy atom. The molecule has 0 N–H and O–H groups in total. The lowest BCUT2D eigenvalue weighted by Gasteiger charge is -2.16. The fourth-order valence-corrected chi connectivity index (χ4v) is 3.93. The first-order chi connectivity index (χ1) is 11.4. The van der Waals surface area contributed by atoms with Crippen LogP contribution in [0.2, 0.25) is 0 Å². The Morgan fingerprint density at radius 2 is 2.08 bits per heavy atom. The molecule has 0 amide bonds. The van der Waals surface area contributed by atoms with Gasteiger partial charge in [-0.15, -0.1) is 0 Å². The number of hydrogen-bond acceptors (Lipinski definition) is 7. The summed E-state index contributed by atoms with van der Waals surface area (Å²) in [6, 6.07) is 1.73. The van der Waals surface area contributed by atoms with Crippen molar-refractivity contribution in [2.45, 2.75) is 17.6 Å². The largest absolute Gasteiger partial charge is 0.473 e. The summed E-state index contributed by atoms with van der Waals surface area (Å²) in [5, 5.41) is 0.0579. The minimum absolute atomic E-state index is 0.0579. The van der Waals surface area contributed by atoms with E-state index in [9.17, 15) is 8.42 Å². The number of rotatable bonds is 5. The molecule has 0 aliphatic carbocycles. The van der Waals surface area contributed by atoms with Crippen molar-refractivity contribution in [1.82, 2.24) is 23.8 Å². The number of aryl methyl sites for hydroxylation is 1. The molecule has 1 unspecified atom stereocenters. The number of nitrogens with zero attached hydrogens (tertiary/aromatic N) is 6. The van der Waals surface area contributed by atoms with Crippen molar-refractivity contribution in [1.29, 1.82) is 0 Å². The van der Waals surface area contributed by atoms with E-state index >= 15 is 0 Å². The van der Waals surface area contributed by atoms with Crippen molar-refractivity contribution >= 4 is 15.8 Å². The maximum absolute atomic E-state index is 12.6. The second-order valence-electron chi connectivity index (χ2n) is 5.88. The van der Waals surface area contributed by atoms with E-state index in [0.29, 0.717) is 18.8 Å². The summed E-state index contributed by atoms with van der Waals surface area (Å²) in [7, 11) is 1.91. The first-order valence-electron chi connectivity index (χ1n) is 7.50. The summed E-state index contributed by atoms with van der Waals surface area (Å²) >= 11 is 0. The van der Waals surface area contributed by atoms with Gasteiger partial charge in [0.15, 0.2) is 5.03 Å². The van der Waals surface area contributed by atoms with Gasteiger partial charge >= 0.3 is 0 Å². The summed E-state index contributed by atoms with van der Waals surface area (Å²) in [5.41, 5.74) is 0. The smallest absolute Gasteiger partial charge is 0.262 e. The van der Waals surface area contributed by atoms with E-state index in [1.54, 1.807) is 17.7 Å². The first kappa shape index (κ1) is 16.7. The van der Waals surface area contributed by atoms with E-state index in [4.69, 9.17) is 4.74 Å². The van der Waals surface area contributed by atoms with Gasteiger partial charge in [0.2, 0.25) is 5.88 Å². The number of sulfonamides is 1. The maximum atomic E-state index is 12.6. The Bertz CT molecular complexity index is 819. The number of aromatic nitrogens is 4. The van der Waals surface area contributed by atoms with Gasteiger partial charge in [-0.1, -0.05) is 0 Å². The average molecular weight is 352 g/mol. The minimum Gasteiger partial charge on any atom is -0.473 e. The van der Waals surface area contributed by atoms with Crippen LogP contribution < -0.4 is 9.64 Å². The third-order valence-corrected chi connectivity index (χ3v) is 5.52. The molecule has 24 heavy (non-hydrogen) atoms. The van der Waals surface area contributed by atoms with E-state index in [-0.39, 0.29) is 17.7 Å². The van der Waals surface area contributed by atoms with E-state index in [1.165, 1.54) is 23.2 Å². The van der Waals surface area contributed by atoms with E-state index < -0.39 is 10.0 Å². The van der Waals surface area contributed by atoms with Crippen LogP contribution in [0.4, 0.5) is 5.82 Å². The van der Waals surface area contributed by atoms with Crippen LogP contribution in [0.5, 0.6) is 5.88 Å². The quantitative estimate of drug-likeness (QED) is 0.754. The fourth-order valence-electron chi connectivity index (χ4n) is 2.48. The molecule has 9 nitrogen and oxygen atoms in total. The highest BCUT2D eigenvalue weighted by molar-refractivity contribution is 7.89. The molecular weight excluding hydrogens is 332 g/mol. The lowest BCUT2D eigenvalue weighted by atomic mass is 10.3. The number of ether oxygens (including phenoxy) is 1. The summed E-state index contributed by atoms with van der Waals surface area (Å²) < 4.78 is 33.9. The first-order valence-corrected chi connectivity index (χ1v) is 8.94. The summed E-state index contributed by atoms with van der Waals surface area (Å²) in [6.07, 6.45) is 4.77. The maximum Gasteiger partial charge on any atom is 0.262 e. The molecule has 1 fully saturated rings. The lowest BCUT2D eigenvalue weighted by molar-refractivity contribution is 0.206. The van der Waals surface area contributed by atoms with Gasteiger partial charge < -0.3 is 14.2 Å². The summed E-state index contributed by atoms with van der Waals surface area (Å²) in [5.74, 6) is 1.17. The number of hydrogen-bond donors (Lipinski definition) is 0. The second-order valence-corrected chi connectivity index (χ2v) is 7.76. The molecule has 0 bridgehead atoms. The molecular formula is C14H20N6O3S. The van der Waals surface area contributed by atoms with Crippen LogP contribution in [-0.2, 0) is 17.1 Å². The normalized spacial score (nSPS) is 18.7. The molecule has 0 aromatic carbocycles. The molecule has 2 aromatic rings. The minimum atomic E-state index is -3.58. The van der Waals surface area contributed by atoms with Gasteiger partial charge in [-0.2, -0.15) is 4.31 Å². The van der Waals surface area contributed by atoms with Crippen LogP contribution in [0, 0.1) is 0 Å². The van der Waals surface area contributed by atoms with Gasteiger partial charge in [-0.05, 0) is 6.42 Å². The van der Waals surface area contributed by atoms with Crippen molar-refractivity contribution in [3.63, 3.8) is 0 Å². The van der Waals surface area contributed by atoms with Crippen molar-refractivity contribution in [3.05, 3.63) is 24.9 Å². The molecule has 3 heterocycles. The van der Waals surface area contributed by atoms with E-state index in [0.717, 1.165) is 5.82 Å². The molecule has 2 aromatic heterocycles. The summed E-state index contributed by atoms with van der Waals surface area (Å²) in [4.78, 5) is 14.0. The molecule has 0 spiro atoms. The number of anilines is 1. The van der Waals surface area contributed by atoms with Crippen LogP contribution >= 0.6 is 0 Å². The zero-order valence-corrected chi connectivity index (χ0v) is 14.6. The topological polar surface area (TPSA) is 93.5 Å². The SMILES string of the molecule is CN(C)c1cc(OC2CCN(S(=O)(=O)c3cn(C)cn3)C2)ncn1. The molecule has 1 saturated heterocycles. The molecule has 0 saturated carbocycles. The second kappa shape index (κ2) is 6.36. The molecule has 1 aliphatic heterocycles. The average Bonchev–Trinajstić information content (AvgIpc) is 3.17. The predicted octanol–water partition coefficient (Wildman–Crippen LogP) is 0.118. The van der Waals surface area contributed by atoms with Gasteiger partial charge in [0.05, 0.1) is 12.9 Å². The van der Waals surface area contributed by atoms with Crippen molar-refractivity contribution in [3.8, 4) is 5.88 Å². The molecule has 3 rings (SSSR count). The monoisotopic (exact) mass is 352 g/mol. The van der Waals surface area contributed by atoms with Gasteiger partial charge in [-0.3, -0.25) is 0 Å². The molecule has 130 valence electrons. The Hall–Kier alpha value is -2.20. The Morgan fingerprint density at radius 3 is 2.75 bits per heavy atom. The van der Waals surface area contributed by atoms with Gasteiger partial charge in [0.1, 0.15) is 18.2 Å². The molecule has 1 atom stereocenters. The zero-order valence-electron chi connectivity index (χ0n) is 13.8. The predicted molar refractivity (Wildman–Crippen MR) is 87.4 cm³/mol. The van der Waals surface area contributed by atoms with Gasteiger partial charge in [0.25, 0.3) is 10.0 Å². The highest BCUT2D eigenvalue weighted by Crippen LogP contribution is 2.23. The Balaban J connectivity index is 1.68. The van der Waals surface area contributed by atoms with E-state index in [1.807, 2.05) is 19.0 Å². The highest BCUT2D eigenvalue weighted by Gasteiger charge is 2.35. The number of imidazole rings is 1. The molecule has 1 aliphatic rings. The van der Waals surface area contributed by atoms with Crippen LogP contribution in [0.3, 0.4) is 0 Å². The van der Waals surface area contributed by atoms with Gasteiger partial charge in [-0.25, -0.2) is 23.4 Å². The zero-order chi connectivity index (χ0) is 17.3. The van der Waals surface area contributed by atoms with Gasteiger partial charge in [0, 0.05) is 40.0 Å². The Kier molecular flexibility index (Phi) is 4.41. The standard InChI is InChI=1S/C14H20N6O3S/c1-18(2)12-6-13(16-9-15-12)23-11-4-5-20(7-11)24(21,22)14-8-19(3)10-17-14/h6,8-11H,4-5,7H2,1-3H3. The van der Waals surface area contributed by atoms with Crippen LogP contribution in [0.1, 0.15) is 6.42 Å². The van der Waals surface area contributed by atoms with Crippen molar-refractivity contribution < 1.29 is 13.2 Å². The lowest BCUT2D eigenvalue weighted by Crippen LogP contribution is -2.31. The summed E-state index contributed by atoms with van der Waals surface area (Å²) in [6.45, 7) is 0.676. The fraction of sp³-hybridized carbons (Fsp3) is 0.500. The Labute approximate surface area is 141 Å². The third kappa shape index (κ3) is 3.34. The third-order valence-electron chi connectivity index (χ3n) is 3.77. The van der Waals surface area contributed by atoms with Crippen molar-refractivity contribution in [2.75, 3.05) is 32.1 Å². The highest BCUT2D eigenvalue weighted by atomic mass is 32.2. The molecule has 0 radical (unpaired) electrons. The molecule has 10 heteroatoms. The van der Waals surface area contributed by atoms with E-state index in [2.05, 4.69) is 15.0 Å². The van der Waals surface area contributed by atoms with Crippen LogP contribution in [-0.4, -0.2) is 65.5 Å². The van der Waals surface area contributed by atoms with Crippen molar-refractivity contribution in [2.24, 2.45) is 7.05 Å². The van der Waals surface area contributed by atoms with Crippen LogP contribution in [0.25, 0.3) is 0 Å².